The van der Waals surface area contributed by atoms with E-state index in [-0.39, 0.29) is 11.3 Å². The minimum absolute atomic E-state index is 0.0239. The Balaban J connectivity index is 3.06. The number of nitrogens with two attached hydrogens (primary N) is 1. The molecule has 1 aromatic rings. The van der Waals surface area contributed by atoms with E-state index in [4.69, 9.17) is 10.9 Å². The Morgan fingerprint density at radius 2 is 2.10 bits per heavy atom. The van der Waals surface area contributed by atoms with Crippen LogP contribution in [0.1, 0.15) is 15.9 Å². The molecule has 5 nitrogen and oxygen atoms in total. The summed E-state index contributed by atoms with van der Waals surface area (Å²) >= 11 is 0. The molecule has 8 heteroatoms. The van der Waals surface area contributed by atoms with Gasteiger partial charge in [0.2, 0.25) is 0 Å². The topological polar surface area (TPSA) is 78.6 Å². The highest BCUT2D eigenvalue weighted by Crippen LogP contribution is 2.22. The first-order chi connectivity index (χ1) is 9.28. The minimum Gasteiger partial charge on any atom is -0.395 e. The molecule has 0 bridgehead atoms. The standard InChI is InChI=1S/C12H16F3N3O2/c1-8-2-3-9(10(6-8)17-16)11(20)18(4-5-19)7-12(13,14)15/h2-3,6,17,19H,4-5,7,16H2,1H3. The van der Waals surface area contributed by atoms with E-state index in [1.165, 1.54) is 6.07 Å². The van der Waals surface area contributed by atoms with Crippen LogP contribution >= 0.6 is 0 Å². The first-order valence-electron chi connectivity index (χ1n) is 5.82. The average molecular weight is 291 g/mol. The number of hydrazine groups is 1. The van der Waals surface area contributed by atoms with Gasteiger partial charge in [-0.3, -0.25) is 10.6 Å². The van der Waals surface area contributed by atoms with Crippen molar-refractivity contribution in [3.63, 3.8) is 0 Å². The van der Waals surface area contributed by atoms with Crippen molar-refractivity contribution in [1.29, 1.82) is 0 Å². The van der Waals surface area contributed by atoms with Gasteiger partial charge in [-0.15, -0.1) is 0 Å². The second-order valence-electron chi connectivity index (χ2n) is 4.26. The molecule has 0 radical (unpaired) electrons. The normalized spacial score (nSPS) is 11.3. The maximum Gasteiger partial charge on any atom is 0.406 e. The van der Waals surface area contributed by atoms with E-state index in [2.05, 4.69) is 5.43 Å². The maximum atomic E-state index is 12.4. The van der Waals surface area contributed by atoms with Crippen molar-refractivity contribution in [2.45, 2.75) is 13.1 Å². The fourth-order valence-electron chi connectivity index (χ4n) is 1.72. The molecule has 20 heavy (non-hydrogen) atoms. The lowest BCUT2D eigenvalue weighted by atomic mass is 10.1. The van der Waals surface area contributed by atoms with Crippen LogP contribution < -0.4 is 11.3 Å². The zero-order valence-corrected chi connectivity index (χ0v) is 10.9. The van der Waals surface area contributed by atoms with E-state index in [9.17, 15) is 18.0 Å². The van der Waals surface area contributed by atoms with Crippen molar-refractivity contribution in [3.05, 3.63) is 29.3 Å². The average Bonchev–Trinajstić information content (AvgIpc) is 2.35. The van der Waals surface area contributed by atoms with Crippen molar-refractivity contribution in [2.24, 2.45) is 5.84 Å². The molecule has 1 amide bonds. The number of hydrogen-bond acceptors (Lipinski definition) is 4. The van der Waals surface area contributed by atoms with E-state index >= 15 is 0 Å². The van der Waals surface area contributed by atoms with Crippen molar-refractivity contribution in [2.75, 3.05) is 25.1 Å². The molecule has 0 aliphatic carbocycles. The smallest absolute Gasteiger partial charge is 0.395 e. The van der Waals surface area contributed by atoms with Gasteiger partial charge in [0.15, 0.2) is 0 Å². The monoisotopic (exact) mass is 291 g/mol. The number of alkyl halides is 3. The number of anilines is 1. The van der Waals surface area contributed by atoms with Gasteiger partial charge >= 0.3 is 6.18 Å². The highest BCUT2D eigenvalue weighted by Gasteiger charge is 2.33. The van der Waals surface area contributed by atoms with Crippen LogP contribution in [0, 0.1) is 6.92 Å². The number of aliphatic hydroxyl groups is 1. The Hall–Kier alpha value is -1.80. The lowest BCUT2D eigenvalue weighted by molar-refractivity contribution is -0.141. The number of rotatable bonds is 5. The van der Waals surface area contributed by atoms with E-state index in [0.717, 1.165) is 5.56 Å². The third kappa shape index (κ3) is 4.39. The molecule has 1 rings (SSSR count). The fourth-order valence-corrected chi connectivity index (χ4v) is 1.72. The van der Waals surface area contributed by atoms with Crippen molar-refractivity contribution in [3.8, 4) is 0 Å². The van der Waals surface area contributed by atoms with Gasteiger partial charge in [-0.25, -0.2) is 0 Å². The van der Waals surface area contributed by atoms with Gasteiger partial charge in [-0.2, -0.15) is 13.2 Å². The Labute approximate surface area is 114 Å². The molecule has 0 saturated carbocycles. The van der Waals surface area contributed by atoms with Crippen LogP contribution in [-0.2, 0) is 0 Å². The highest BCUT2D eigenvalue weighted by atomic mass is 19.4. The number of hydrogen-bond donors (Lipinski definition) is 3. The molecule has 1 aromatic carbocycles. The third-order valence-corrected chi connectivity index (χ3v) is 2.59. The summed E-state index contributed by atoms with van der Waals surface area (Å²) in [6, 6.07) is 4.55. The highest BCUT2D eigenvalue weighted by molar-refractivity contribution is 5.99. The predicted octanol–water partition coefficient (Wildman–Crippen LogP) is 1.28. The van der Waals surface area contributed by atoms with Gasteiger partial charge < -0.3 is 15.4 Å². The zero-order chi connectivity index (χ0) is 15.3. The second-order valence-corrected chi connectivity index (χ2v) is 4.26. The first kappa shape index (κ1) is 16.3. The van der Waals surface area contributed by atoms with Crippen molar-refractivity contribution >= 4 is 11.6 Å². The summed E-state index contributed by atoms with van der Waals surface area (Å²) < 4.78 is 37.3. The molecule has 0 unspecified atom stereocenters. The quantitative estimate of drug-likeness (QED) is 0.564. The summed E-state index contributed by atoms with van der Waals surface area (Å²) in [6.45, 7) is -0.629. The van der Waals surface area contributed by atoms with E-state index in [1.54, 1.807) is 19.1 Å². The summed E-state index contributed by atoms with van der Waals surface area (Å²) in [4.78, 5) is 12.7. The van der Waals surface area contributed by atoms with Crippen LogP contribution in [0.15, 0.2) is 18.2 Å². The van der Waals surface area contributed by atoms with Crippen LogP contribution in [0.2, 0.25) is 0 Å². The van der Waals surface area contributed by atoms with Gasteiger partial charge in [-0.05, 0) is 24.6 Å². The molecule has 0 spiro atoms. The zero-order valence-electron chi connectivity index (χ0n) is 10.9. The van der Waals surface area contributed by atoms with Gasteiger partial charge in [0.05, 0.1) is 17.9 Å². The van der Waals surface area contributed by atoms with E-state index in [0.29, 0.717) is 4.90 Å². The molecule has 0 fully saturated rings. The molecule has 0 aromatic heterocycles. The minimum atomic E-state index is -4.54. The molecule has 0 atom stereocenters. The van der Waals surface area contributed by atoms with Crippen LogP contribution in [0.4, 0.5) is 18.9 Å². The number of aryl methyl sites for hydroxylation is 1. The predicted molar refractivity (Wildman–Crippen MR) is 68.0 cm³/mol. The number of carbonyl (C=O) groups is 1. The third-order valence-electron chi connectivity index (χ3n) is 2.59. The molecule has 0 saturated heterocycles. The Kier molecular flexibility index (Phi) is 5.34. The summed E-state index contributed by atoms with van der Waals surface area (Å²) in [5.41, 5.74) is 3.35. The van der Waals surface area contributed by atoms with Crippen LogP contribution in [-0.4, -0.2) is 41.8 Å². The summed E-state index contributed by atoms with van der Waals surface area (Å²) in [6.07, 6.45) is -4.54. The number of halogens is 3. The summed E-state index contributed by atoms with van der Waals surface area (Å²) in [5, 5.41) is 8.80. The van der Waals surface area contributed by atoms with Crippen LogP contribution in [0.3, 0.4) is 0 Å². The Morgan fingerprint density at radius 1 is 1.45 bits per heavy atom. The van der Waals surface area contributed by atoms with Crippen molar-refractivity contribution < 1.29 is 23.1 Å². The molecular weight excluding hydrogens is 275 g/mol. The maximum absolute atomic E-state index is 12.4. The SMILES string of the molecule is Cc1ccc(C(=O)N(CCO)CC(F)(F)F)c(NN)c1. The second kappa shape index (κ2) is 6.58. The number of carbonyl (C=O) groups excluding carboxylic acids is 1. The molecular formula is C12H16F3N3O2. The number of nitrogens with zero attached hydrogens (tertiary/aromatic N) is 1. The summed E-state index contributed by atoms with van der Waals surface area (Å²) in [7, 11) is 0. The lowest BCUT2D eigenvalue weighted by Crippen LogP contribution is -2.41. The van der Waals surface area contributed by atoms with Gasteiger partial charge in [-0.1, -0.05) is 6.07 Å². The fraction of sp³-hybridized carbons (Fsp3) is 0.417. The van der Waals surface area contributed by atoms with Gasteiger partial charge in [0.1, 0.15) is 6.54 Å². The lowest BCUT2D eigenvalue weighted by Gasteiger charge is -2.24. The Bertz CT molecular complexity index is 478. The largest absolute Gasteiger partial charge is 0.406 e. The number of benzene rings is 1. The van der Waals surface area contributed by atoms with Gasteiger partial charge in [0, 0.05) is 6.54 Å². The summed E-state index contributed by atoms with van der Waals surface area (Å²) in [5.74, 6) is 4.42. The number of amides is 1. The van der Waals surface area contributed by atoms with Crippen LogP contribution in [0.25, 0.3) is 0 Å². The van der Waals surface area contributed by atoms with Crippen molar-refractivity contribution in [1.82, 2.24) is 4.90 Å². The first-order valence-corrected chi connectivity index (χ1v) is 5.82. The van der Waals surface area contributed by atoms with Crippen LogP contribution in [0.5, 0.6) is 0 Å². The molecule has 0 heterocycles. The number of aliphatic hydroxyl groups excluding tert-OH is 1. The van der Waals surface area contributed by atoms with E-state index < -0.39 is 31.8 Å². The number of nitrogen functional groups attached to an aromatic ring is 1. The molecule has 112 valence electrons. The molecule has 0 aliphatic heterocycles. The number of nitrogens with one attached hydrogen (secondary N) is 1. The molecule has 4 N–H and O–H groups in total. The Morgan fingerprint density at radius 3 is 2.60 bits per heavy atom. The van der Waals surface area contributed by atoms with E-state index in [1.807, 2.05) is 0 Å². The molecule has 0 aliphatic rings. The van der Waals surface area contributed by atoms with Gasteiger partial charge in [0.25, 0.3) is 5.91 Å².